The lowest BCUT2D eigenvalue weighted by Crippen LogP contribution is -1.88. The molecule has 0 aliphatic carbocycles. The third-order valence-corrected chi connectivity index (χ3v) is 0.117. The van der Waals surface area contributed by atoms with Crippen molar-refractivity contribution in [2.45, 2.75) is 6.43 Å². The van der Waals surface area contributed by atoms with Gasteiger partial charge in [0.1, 0.15) is 0 Å². The van der Waals surface area contributed by atoms with E-state index in [1.54, 1.807) is 0 Å². The van der Waals surface area contributed by atoms with Crippen molar-refractivity contribution < 1.29 is 18.6 Å². The third kappa shape index (κ3) is 9.26. The first kappa shape index (κ1) is 9.23. The van der Waals surface area contributed by atoms with E-state index in [1.807, 2.05) is 0 Å². The van der Waals surface area contributed by atoms with E-state index in [4.69, 9.17) is 0 Å². The Balaban J connectivity index is 0. The SMILES string of the molecule is FCC(F)F.O. The van der Waals surface area contributed by atoms with Gasteiger partial charge in [0, 0.05) is 0 Å². The Bertz CT molecular complexity index is 22.8. The van der Waals surface area contributed by atoms with Gasteiger partial charge >= 0.3 is 0 Å². The van der Waals surface area contributed by atoms with Crippen molar-refractivity contribution in [1.82, 2.24) is 0 Å². The van der Waals surface area contributed by atoms with Crippen LogP contribution in [-0.4, -0.2) is 18.6 Å². The van der Waals surface area contributed by atoms with E-state index in [9.17, 15) is 13.2 Å². The van der Waals surface area contributed by atoms with Crippen LogP contribution in [0.5, 0.6) is 0 Å². The Kier molecular flexibility index (Phi) is 7.30. The molecule has 0 radical (unpaired) electrons. The van der Waals surface area contributed by atoms with Gasteiger partial charge in [0.15, 0.2) is 6.67 Å². The normalized spacial score (nSPS) is 8.00. The topological polar surface area (TPSA) is 31.5 Å². The van der Waals surface area contributed by atoms with E-state index in [0.717, 1.165) is 0 Å². The monoisotopic (exact) mass is 102 g/mol. The minimum absolute atomic E-state index is 0. The molecule has 6 heavy (non-hydrogen) atoms. The molecule has 2 N–H and O–H groups in total. The smallest absolute Gasteiger partial charge is 0.266 e. The zero-order chi connectivity index (χ0) is 4.28. The van der Waals surface area contributed by atoms with Crippen LogP contribution in [0.15, 0.2) is 0 Å². The molecule has 0 saturated carbocycles. The quantitative estimate of drug-likeness (QED) is 0.459. The summed E-state index contributed by atoms with van der Waals surface area (Å²) >= 11 is 0. The van der Waals surface area contributed by atoms with Crippen LogP contribution in [0.3, 0.4) is 0 Å². The first-order valence-corrected chi connectivity index (χ1v) is 1.11. The molecule has 0 unspecified atom stereocenters. The van der Waals surface area contributed by atoms with Crippen LogP contribution >= 0.6 is 0 Å². The molecule has 0 saturated heterocycles. The van der Waals surface area contributed by atoms with Crippen LogP contribution in [0.4, 0.5) is 13.2 Å². The van der Waals surface area contributed by atoms with Gasteiger partial charge in [-0.3, -0.25) is 0 Å². The lowest BCUT2D eigenvalue weighted by molar-refractivity contribution is 0.113. The molecule has 4 heteroatoms. The maximum absolute atomic E-state index is 10.4. The summed E-state index contributed by atoms with van der Waals surface area (Å²) in [5.74, 6) is 0. The molecule has 40 valence electrons. The van der Waals surface area contributed by atoms with Gasteiger partial charge in [-0.05, 0) is 0 Å². The van der Waals surface area contributed by atoms with Crippen LogP contribution in [0.1, 0.15) is 0 Å². The minimum atomic E-state index is -2.78. The standard InChI is InChI=1S/C2H3F3.H2O/c3-1-2(4)5;/h2H,1H2;1H2. The summed E-state index contributed by atoms with van der Waals surface area (Å²) in [5.41, 5.74) is 0. The highest BCUT2D eigenvalue weighted by Gasteiger charge is 1.95. The molecule has 0 aromatic rings. The van der Waals surface area contributed by atoms with Gasteiger partial charge in [0.2, 0.25) is 0 Å². The maximum atomic E-state index is 10.4. The summed E-state index contributed by atoms with van der Waals surface area (Å²) in [4.78, 5) is 0. The molecule has 0 aromatic heterocycles. The molecule has 0 atom stereocenters. The first-order chi connectivity index (χ1) is 2.27. The van der Waals surface area contributed by atoms with Crippen molar-refractivity contribution in [3.8, 4) is 0 Å². The fourth-order valence-corrected chi connectivity index (χ4v) is 0. The second-order valence-electron chi connectivity index (χ2n) is 0.545. The molecule has 1 nitrogen and oxygen atoms in total. The van der Waals surface area contributed by atoms with Gasteiger partial charge in [-0.25, -0.2) is 13.2 Å². The van der Waals surface area contributed by atoms with E-state index >= 15 is 0 Å². The second-order valence-corrected chi connectivity index (χ2v) is 0.545. The average Bonchev–Trinajstić information content (AvgIpc) is 1.38. The molecule has 0 spiro atoms. The van der Waals surface area contributed by atoms with Crippen molar-refractivity contribution in [2.24, 2.45) is 0 Å². The molecule has 0 fully saturated rings. The first-order valence-electron chi connectivity index (χ1n) is 1.11. The summed E-state index contributed by atoms with van der Waals surface area (Å²) in [6, 6.07) is 0. The number of hydrogen-bond acceptors (Lipinski definition) is 0. The molecular weight excluding hydrogens is 97.0 g/mol. The van der Waals surface area contributed by atoms with Crippen LogP contribution in [0, 0.1) is 0 Å². The predicted molar refractivity (Wildman–Crippen MR) is 15.6 cm³/mol. The highest BCUT2D eigenvalue weighted by molar-refractivity contribution is 4.23. The Morgan fingerprint density at radius 3 is 1.50 bits per heavy atom. The Morgan fingerprint density at radius 2 is 1.50 bits per heavy atom. The van der Waals surface area contributed by atoms with Gasteiger partial charge < -0.3 is 5.48 Å². The fourth-order valence-electron chi connectivity index (χ4n) is 0. The summed E-state index contributed by atoms with van der Waals surface area (Å²) in [6.45, 7) is -1.53. The van der Waals surface area contributed by atoms with Gasteiger partial charge in [-0.2, -0.15) is 0 Å². The van der Waals surface area contributed by atoms with E-state index < -0.39 is 13.1 Å². The van der Waals surface area contributed by atoms with Crippen LogP contribution in [-0.2, 0) is 0 Å². The molecule has 0 bridgehead atoms. The van der Waals surface area contributed by atoms with Gasteiger partial charge in [-0.15, -0.1) is 0 Å². The van der Waals surface area contributed by atoms with E-state index in [1.165, 1.54) is 0 Å². The van der Waals surface area contributed by atoms with Crippen molar-refractivity contribution >= 4 is 0 Å². The molecule has 0 rings (SSSR count). The third-order valence-electron chi connectivity index (χ3n) is 0.117. The van der Waals surface area contributed by atoms with E-state index in [-0.39, 0.29) is 5.48 Å². The van der Waals surface area contributed by atoms with Gasteiger partial charge in [-0.1, -0.05) is 0 Å². The average molecular weight is 102 g/mol. The predicted octanol–water partition coefficient (Wildman–Crippen LogP) is 0.396. The molecule has 0 aliphatic rings. The van der Waals surface area contributed by atoms with Gasteiger partial charge in [0.25, 0.3) is 6.43 Å². The minimum Gasteiger partial charge on any atom is -0.412 e. The maximum Gasteiger partial charge on any atom is 0.266 e. The van der Waals surface area contributed by atoms with Crippen LogP contribution < -0.4 is 0 Å². The number of rotatable bonds is 1. The summed E-state index contributed by atoms with van der Waals surface area (Å²) < 4.78 is 31.1. The highest BCUT2D eigenvalue weighted by atomic mass is 19.3. The highest BCUT2D eigenvalue weighted by Crippen LogP contribution is 1.88. The number of halogens is 3. The van der Waals surface area contributed by atoms with Crippen molar-refractivity contribution in [3.05, 3.63) is 0 Å². The van der Waals surface area contributed by atoms with E-state index in [2.05, 4.69) is 0 Å². The summed E-state index contributed by atoms with van der Waals surface area (Å²) in [6.07, 6.45) is -2.78. The van der Waals surface area contributed by atoms with Crippen molar-refractivity contribution in [3.63, 3.8) is 0 Å². The van der Waals surface area contributed by atoms with Gasteiger partial charge in [0.05, 0.1) is 0 Å². The molecule has 0 aromatic carbocycles. The largest absolute Gasteiger partial charge is 0.412 e. The number of hydrogen-bond donors (Lipinski definition) is 0. The lowest BCUT2D eigenvalue weighted by atomic mass is 10.8. The number of alkyl halides is 3. The lowest BCUT2D eigenvalue weighted by Gasteiger charge is -1.78. The van der Waals surface area contributed by atoms with E-state index in [0.29, 0.717) is 0 Å². The zero-order valence-electron chi connectivity index (χ0n) is 2.92. The summed E-state index contributed by atoms with van der Waals surface area (Å²) in [7, 11) is 0. The zero-order valence-corrected chi connectivity index (χ0v) is 2.92. The van der Waals surface area contributed by atoms with Crippen LogP contribution in [0.2, 0.25) is 0 Å². The Labute approximate surface area is 33.1 Å². The summed E-state index contributed by atoms with van der Waals surface area (Å²) in [5, 5.41) is 0. The van der Waals surface area contributed by atoms with Crippen molar-refractivity contribution in [2.75, 3.05) is 6.67 Å². The molecule has 0 aliphatic heterocycles. The molecule has 0 heterocycles. The fraction of sp³-hybridized carbons (Fsp3) is 1.00. The Morgan fingerprint density at radius 1 is 1.33 bits per heavy atom. The van der Waals surface area contributed by atoms with Crippen molar-refractivity contribution in [1.29, 1.82) is 0 Å². The Hall–Kier alpha value is -0.250. The second kappa shape index (κ2) is 4.75. The molecule has 0 amide bonds. The molecular formula is C2H5F3O. The van der Waals surface area contributed by atoms with Crippen LogP contribution in [0.25, 0.3) is 0 Å².